The molecule has 1 aliphatic rings. The van der Waals surface area contributed by atoms with Gasteiger partial charge >= 0.3 is 18.1 Å². The van der Waals surface area contributed by atoms with Gasteiger partial charge in [-0.05, 0) is 24.4 Å². The summed E-state index contributed by atoms with van der Waals surface area (Å²) in [7, 11) is 0. The molecule has 3 atom stereocenters. The van der Waals surface area contributed by atoms with Crippen LogP contribution in [0.4, 0.5) is 13.2 Å². The van der Waals surface area contributed by atoms with Crippen molar-refractivity contribution in [1.82, 2.24) is 5.32 Å². The largest absolute Gasteiger partial charge is 0.478 e. The molecular weight excluding hydrogens is 321 g/mol. The lowest BCUT2D eigenvalue weighted by Gasteiger charge is -2.34. The number of amides is 1. The zero-order chi connectivity index (χ0) is 17.6. The standard InChI is InChI=1S/C12H15F3N4O4/c1-2-3-23-8-5-6(10(20)21)4-7(18-19-16)9(8)17-11(22)12(13,14)15/h5,7-9H,2-4H2,1H3,(H,17,22)(H,20,21)/t7-,8+,9+/m0/s1. The zero-order valence-corrected chi connectivity index (χ0v) is 12.1. The quantitative estimate of drug-likeness (QED) is 0.437. The molecule has 0 aromatic rings. The minimum Gasteiger partial charge on any atom is -0.478 e. The van der Waals surface area contributed by atoms with Crippen molar-refractivity contribution in [1.29, 1.82) is 0 Å². The van der Waals surface area contributed by atoms with Gasteiger partial charge in [-0.3, -0.25) is 4.79 Å². The predicted octanol–water partition coefficient (Wildman–Crippen LogP) is 1.92. The second kappa shape index (κ2) is 7.84. The van der Waals surface area contributed by atoms with Gasteiger partial charge in [-0.25, -0.2) is 4.79 Å². The summed E-state index contributed by atoms with van der Waals surface area (Å²) in [5.41, 5.74) is 8.38. The number of carboxylic acids is 1. The van der Waals surface area contributed by atoms with E-state index in [9.17, 15) is 22.8 Å². The van der Waals surface area contributed by atoms with Crippen molar-refractivity contribution < 1.29 is 32.6 Å². The Balaban J connectivity index is 3.13. The van der Waals surface area contributed by atoms with Gasteiger partial charge in [0.2, 0.25) is 0 Å². The molecule has 1 rings (SSSR count). The van der Waals surface area contributed by atoms with E-state index < -0.39 is 36.2 Å². The normalized spacial score (nSPS) is 24.3. The number of carbonyl (C=O) groups is 2. The molecule has 0 unspecified atom stereocenters. The molecule has 1 aliphatic carbocycles. The van der Waals surface area contributed by atoms with Crippen LogP contribution in [0, 0.1) is 0 Å². The Hall–Kier alpha value is -2.26. The van der Waals surface area contributed by atoms with Crippen LogP contribution in [-0.2, 0) is 14.3 Å². The van der Waals surface area contributed by atoms with E-state index in [1.54, 1.807) is 12.2 Å². The number of carboxylic acid groups (broad SMARTS) is 1. The molecule has 8 nitrogen and oxygen atoms in total. The summed E-state index contributed by atoms with van der Waals surface area (Å²) in [6.45, 7) is 1.88. The molecule has 0 bridgehead atoms. The minimum atomic E-state index is -5.12. The molecule has 0 aliphatic heterocycles. The Morgan fingerprint density at radius 1 is 1.57 bits per heavy atom. The smallest absolute Gasteiger partial charge is 0.471 e. The third kappa shape index (κ3) is 5.15. The molecule has 0 spiro atoms. The zero-order valence-electron chi connectivity index (χ0n) is 12.1. The van der Waals surface area contributed by atoms with Crippen LogP contribution in [0.1, 0.15) is 19.8 Å². The van der Waals surface area contributed by atoms with E-state index in [1.165, 1.54) is 0 Å². The van der Waals surface area contributed by atoms with Crippen LogP contribution in [0.15, 0.2) is 16.8 Å². The third-order valence-electron chi connectivity index (χ3n) is 3.11. The lowest BCUT2D eigenvalue weighted by Crippen LogP contribution is -2.55. The number of hydrogen-bond donors (Lipinski definition) is 2. The Bertz CT molecular complexity index is 543. The second-order valence-corrected chi connectivity index (χ2v) is 4.81. The molecule has 2 N–H and O–H groups in total. The van der Waals surface area contributed by atoms with Gasteiger partial charge in [0.05, 0.1) is 18.2 Å². The molecule has 128 valence electrons. The number of nitrogens with zero attached hydrogens (tertiary/aromatic N) is 3. The summed E-state index contributed by atoms with van der Waals surface area (Å²) in [4.78, 5) is 24.7. The lowest BCUT2D eigenvalue weighted by molar-refractivity contribution is -0.175. The molecule has 11 heteroatoms. The van der Waals surface area contributed by atoms with Gasteiger partial charge in [0.1, 0.15) is 0 Å². The minimum absolute atomic E-state index is 0.134. The molecule has 0 aromatic heterocycles. The van der Waals surface area contributed by atoms with Crippen LogP contribution >= 0.6 is 0 Å². The molecule has 0 radical (unpaired) electrons. The van der Waals surface area contributed by atoms with Gasteiger partial charge in [0.15, 0.2) is 0 Å². The second-order valence-electron chi connectivity index (χ2n) is 4.81. The van der Waals surface area contributed by atoms with E-state index >= 15 is 0 Å². The molecular formula is C12H15F3N4O4. The third-order valence-corrected chi connectivity index (χ3v) is 3.11. The van der Waals surface area contributed by atoms with Gasteiger partial charge < -0.3 is 15.2 Å². The van der Waals surface area contributed by atoms with Crippen molar-refractivity contribution >= 4 is 11.9 Å². The molecule has 0 fully saturated rings. The SMILES string of the molecule is CCCO[C@@H]1C=C(C(=O)O)C[C@H](N=[N+]=[N-])[C@H]1NC(=O)C(F)(F)F. The number of azide groups is 1. The maximum Gasteiger partial charge on any atom is 0.471 e. The maximum atomic E-state index is 12.4. The van der Waals surface area contributed by atoms with E-state index in [0.717, 1.165) is 6.08 Å². The van der Waals surface area contributed by atoms with Crippen LogP contribution in [0.5, 0.6) is 0 Å². The van der Waals surface area contributed by atoms with Gasteiger partial charge in [0.25, 0.3) is 0 Å². The number of aliphatic carboxylic acids is 1. The molecule has 0 aromatic carbocycles. The highest BCUT2D eigenvalue weighted by Crippen LogP contribution is 2.26. The number of ether oxygens (including phenoxy) is 1. The fourth-order valence-corrected chi connectivity index (χ4v) is 2.10. The van der Waals surface area contributed by atoms with E-state index in [1.807, 2.05) is 0 Å². The molecule has 0 heterocycles. The van der Waals surface area contributed by atoms with E-state index in [2.05, 4.69) is 10.0 Å². The Kier molecular flexibility index (Phi) is 6.40. The van der Waals surface area contributed by atoms with E-state index in [0.29, 0.717) is 6.42 Å². The van der Waals surface area contributed by atoms with E-state index in [4.69, 9.17) is 15.4 Å². The first-order chi connectivity index (χ1) is 10.7. The molecule has 0 saturated heterocycles. The average Bonchev–Trinajstić information content (AvgIpc) is 2.46. The first kappa shape index (κ1) is 18.8. The van der Waals surface area contributed by atoms with Crippen molar-refractivity contribution in [3.8, 4) is 0 Å². The molecule has 1 amide bonds. The number of alkyl halides is 3. The number of halogens is 3. The monoisotopic (exact) mass is 336 g/mol. The number of rotatable bonds is 6. The van der Waals surface area contributed by atoms with Crippen LogP contribution in [0.3, 0.4) is 0 Å². The van der Waals surface area contributed by atoms with Crippen molar-refractivity contribution in [2.75, 3.05) is 6.61 Å². The van der Waals surface area contributed by atoms with Crippen molar-refractivity contribution in [3.63, 3.8) is 0 Å². The van der Waals surface area contributed by atoms with Gasteiger partial charge in [-0.1, -0.05) is 12.0 Å². The topological polar surface area (TPSA) is 124 Å². The summed E-state index contributed by atoms with van der Waals surface area (Å²) < 4.78 is 42.6. The Labute approximate surface area is 128 Å². The van der Waals surface area contributed by atoms with Crippen LogP contribution in [0.2, 0.25) is 0 Å². The highest BCUT2D eigenvalue weighted by atomic mass is 19.4. The van der Waals surface area contributed by atoms with Crippen molar-refractivity contribution in [3.05, 3.63) is 22.1 Å². The van der Waals surface area contributed by atoms with Crippen molar-refractivity contribution in [2.24, 2.45) is 5.11 Å². The summed E-state index contributed by atoms with van der Waals surface area (Å²) in [6.07, 6.45) is -4.92. The molecule has 0 saturated carbocycles. The predicted molar refractivity (Wildman–Crippen MR) is 71.3 cm³/mol. The highest BCUT2D eigenvalue weighted by molar-refractivity contribution is 5.87. The summed E-state index contributed by atoms with van der Waals surface area (Å²) >= 11 is 0. The number of hydrogen-bond acceptors (Lipinski definition) is 4. The van der Waals surface area contributed by atoms with Crippen LogP contribution in [-0.4, -0.2) is 48.0 Å². The van der Waals surface area contributed by atoms with Gasteiger partial charge in [0, 0.05) is 17.1 Å². The Morgan fingerprint density at radius 2 is 2.22 bits per heavy atom. The Morgan fingerprint density at radius 3 is 2.70 bits per heavy atom. The maximum absolute atomic E-state index is 12.4. The number of nitrogens with one attached hydrogen (secondary N) is 1. The summed E-state index contributed by atoms with van der Waals surface area (Å²) in [5.74, 6) is -3.51. The van der Waals surface area contributed by atoms with E-state index in [-0.39, 0.29) is 18.6 Å². The first-order valence-electron chi connectivity index (χ1n) is 6.68. The summed E-state index contributed by atoms with van der Waals surface area (Å²) in [6, 6.07) is -2.51. The van der Waals surface area contributed by atoms with Crippen LogP contribution in [0.25, 0.3) is 10.4 Å². The average molecular weight is 336 g/mol. The number of carbonyl (C=O) groups excluding carboxylic acids is 1. The lowest BCUT2D eigenvalue weighted by atomic mass is 9.88. The fourth-order valence-electron chi connectivity index (χ4n) is 2.10. The van der Waals surface area contributed by atoms with Crippen molar-refractivity contribution in [2.45, 2.75) is 44.1 Å². The fraction of sp³-hybridized carbons (Fsp3) is 0.667. The molecule has 23 heavy (non-hydrogen) atoms. The van der Waals surface area contributed by atoms with Gasteiger partial charge in [-0.15, -0.1) is 0 Å². The summed E-state index contributed by atoms with van der Waals surface area (Å²) in [5, 5.41) is 14.1. The van der Waals surface area contributed by atoms with Crippen LogP contribution < -0.4 is 5.32 Å². The van der Waals surface area contributed by atoms with Gasteiger partial charge in [-0.2, -0.15) is 13.2 Å². The first-order valence-corrected chi connectivity index (χ1v) is 6.68. The highest BCUT2D eigenvalue weighted by Gasteiger charge is 2.44.